The second kappa shape index (κ2) is 8.16. The molecule has 0 radical (unpaired) electrons. The highest BCUT2D eigenvalue weighted by molar-refractivity contribution is 5.94. The molecule has 3 rings (SSSR count). The number of aryl methyl sites for hydroxylation is 1. The van der Waals surface area contributed by atoms with Gasteiger partial charge in [0.25, 0.3) is 5.91 Å². The van der Waals surface area contributed by atoms with E-state index >= 15 is 0 Å². The van der Waals surface area contributed by atoms with Gasteiger partial charge in [0.15, 0.2) is 0 Å². The molecule has 0 fully saturated rings. The second-order valence-electron chi connectivity index (χ2n) is 6.94. The topological polar surface area (TPSA) is 38.1 Å². The van der Waals surface area contributed by atoms with E-state index in [4.69, 9.17) is 0 Å². The van der Waals surface area contributed by atoms with Crippen LogP contribution in [0, 0.1) is 12.7 Å². The predicted octanol–water partition coefficient (Wildman–Crippen LogP) is 4.43. The number of imidazole rings is 1. The molecule has 1 heterocycles. The van der Waals surface area contributed by atoms with Crippen molar-refractivity contribution in [3.8, 4) is 0 Å². The highest BCUT2D eigenvalue weighted by Gasteiger charge is 2.21. The summed E-state index contributed by atoms with van der Waals surface area (Å²) in [6, 6.07) is 14.0. The number of nitrogens with zero attached hydrogens (tertiary/aromatic N) is 3. The van der Waals surface area contributed by atoms with Crippen LogP contribution in [0.5, 0.6) is 0 Å². The fourth-order valence-electron chi connectivity index (χ4n) is 3.04. The summed E-state index contributed by atoms with van der Waals surface area (Å²) in [6.45, 7) is 7.05. The Balaban J connectivity index is 1.83. The van der Waals surface area contributed by atoms with Crippen LogP contribution < -0.4 is 0 Å². The van der Waals surface area contributed by atoms with Gasteiger partial charge in [-0.3, -0.25) is 4.79 Å². The lowest BCUT2D eigenvalue weighted by Gasteiger charge is -2.27. The van der Waals surface area contributed by atoms with E-state index in [1.165, 1.54) is 23.3 Å². The first-order valence-corrected chi connectivity index (χ1v) is 9.06. The maximum absolute atomic E-state index is 13.5. The average molecular weight is 365 g/mol. The van der Waals surface area contributed by atoms with Crippen molar-refractivity contribution in [2.75, 3.05) is 0 Å². The number of benzene rings is 2. The van der Waals surface area contributed by atoms with Gasteiger partial charge in [0.05, 0.1) is 6.54 Å². The van der Waals surface area contributed by atoms with Gasteiger partial charge >= 0.3 is 0 Å². The van der Waals surface area contributed by atoms with Crippen LogP contribution in [-0.4, -0.2) is 26.4 Å². The zero-order valence-corrected chi connectivity index (χ0v) is 15.9. The fourth-order valence-corrected chi connectivity index (χ4v) is 3.04. The third-order valence-corrected chi connectivity index (χ3v) is 4.67. The van der Waals surface area contributed by atoms with E-state index in [1.54, 1.807) is 23.2 Å². The van der Waals surface area contributed by atoms with Crippen molar-refractivity contribution >= 4 is 5.91 Å². The Morgan fingerprint density at radius 1 is 1.19 bits per heavy atom. The van der Waals surface area contributed by atoms with Crippen LogP contribution in [0.2, 0.25) is 0 Å². The van der Waals surface area contributed by atoms with Crippen LogP contribution in [0.3, 0.4) is 0 Å². The summed E-state index contributed by atoms with van der Waals surface area (Å²) in [6.07, 6.45) is 3.67. The lowest BCUT2D eigenvalue weighted by atomic mass is 10.1. The van der Waals surface area contributed by atoms with E-state index in [1.807, 2.05) is 32.2 Å². The van der Waals surface area contributed by atoms with Crippen molar-refractivity contribution in [1.29, 1.82) is 0 Å². The van der Waals surface area contributed by atoms with Gasteiger partial charge in [0.1, 0.15) is 11.6 Å². The summed E-state index contributed by atoms with van der Waals surface area (Å²) < 4.78 is 15.6. The van der Waals surface area contributed by atoms with Gasteiger partial charge in [-0.2, -0.15) is 0 Å². The normalized spacial score (nSPS) is 11.0. The van der Waals surface area contributed by atoms with Crippen LogP contribution in [0.4, 0.5) is 4.39 Å². The first-order valence-electron chi connectivity index (χ1n) is 9.06. The van der Waals surface area contributed by atoms with Crippen LogP contribution in [0.25, 0.3) is 0 Å². The van der Waals surface area contributed by atoms with E-state index in [-0.39, 0.29) is 11.9 Å². The largest absolute Gasteiger partial charge is 0.329 e. The summed E-state index contributed by atoms with van der Waals surface area (Å²) >= 11 is 0. The highest BCUT2D eigenvalue weighted by Crippen LogP contribution is 2.16. The molecule has 0 saturated carbocycles. The zero-order valence-electron chi connectivity index (χ0n) is 15.9. The average Bonchev–Trinajstić information content (AvgIpc) is 3.07. The highest BCUT2D eigenvalue weighted by atomic mass is 19.1. The molecule has 2 aromatic carbocycles. The molecule has 0 bridgehead atoms. The molecule has 140 valence electrons. The van der Waals surface area contributed by atoms with Crippen LogP contribution in [0.15, 0.2) is 60.9 Å². The Hall–Kier alpha value is -2.95. The lowest BCUT2D eigenvalue weighted by molar-refractivity contribution is 0.0682. The van der Waals surface area contributed by atoms with Gasteiger partial charge in [-0.15, -0.1) is 0 Å². The molecule has 0 saturated heterocycles. The molecule has 0 unspecified atom stereocenters. The van der Waals surface area contributed by atoms with Gasteiger partial charge in [-0.05, 0) is 50.1 Å². The number of carbonyl (C=O) groups is 1. The Bertz CT molecular complexity index is 933. The summed E-state index contributed by atoms with van der Waals surface area (Å²) in [5.41, 5.74) is 2.78. The molecule has 0 aliphatic heterocycles. The molecule has 0 spiro atoms. The Morgan fingerprint density at radius 2 is 1.96 bits per heavy atom. The molecular weight excluding hydrogens is 341 g/mol. The molecule has 0 aliphatic rings. The molecule has 0 aliphatic carbocycles. The number of rotatable bonds is 6. The van der Waals surface area contributed by atoms with Gasteiger partial charge in [-0.1, -0.05) is 30.3 Å². The Kier molecular flexibility index (Phi) is 5.69. The molecule has 1 aromatic heterocycles. The maximum Gasteiger partial charge on any atom is 0.254 e. The molecular formula is C22H24FN3O. The molecule has 4 nitrogen and oxygen atoms in total. The number of carbonyl (C=O) groups excluding carboxylic acids is 1. The first-order chi connectivity index (χ1) is 13.0. The zero-order chi connectivity index (χ0) is 19.4. The molecule has 3 aromatic rings. The van der Waals surface area contributed by atoms with Crippen LogP contribution in [0.1, 0.15) is 41.2 Å². The molecule has 1 amide bonds. The third kappa shape index (κ3) is 4.42. The molecule has 5 heteroatoms. The predicted molar refractivity (Wildman–Crippen MR) is 104 cm³/mol. The van der Waals surface area contributed by atoms with Crippen molar-refractivity contribution in [3.05, 3.63) is 89.3 Å². The summed E-state index contributed by atoms with van der Waals surface area (Å²) in [5.74, 6) is 0.192. The smallest absolute Gasteiger partial charge is 0.254 e. The number of amides is 1. The van der Waals surface area contributed by atoms with Gasteiger partial charge < -0.3 is 9.47 Å². The standard InChI is InChI=1S/C22H24FN3O/c1-16(2)26(22(27)18-9-6-10-20(23)13-18)15-21-24-11-12-25(21)14-19-8-5-4-7-17(19)3/h4-13,16H,14-15H2,1-3H3. The molecule has 0 atom stereocenters. The fraction of sp³-hybridized carbons (Fsp3) is 0.273. The van der Waals surface area contributed by atoms with Gasteiger partial charge in [-0.25, -0.2) is 9.37 Å². The monoisotopic (exact) mass is 365 g/mol. The molecule has 27 heavy (non-hydrogen) atoms. The summed E-state index contributed by atoms with van der Waals surface area (Å²) in [4.78, 5) is 19.1. The minimum atomic E-state index is -0.411. The van der Waals surface area contributed by atoms with E-state index in [2.05, 4.69) is 28.6 Å². The third-order valence-electron chi connectivity index (χ3n) is 4.67. The summed E-state index contributed by atoms with van der Waals surface area (Å²) in [5, 5.41) is 0. The number of hydrogen-bond donors (Lipinski definition) is 0. The minimum absolute atomic E-state index is 0.0376. The number of halogens is 1. The van der Waals surface area contributed by atoms with Crippen molar-refractivity contribution in [3.63, 3.8) is 0 Å². The quantitative estimate of drug-likeness (QED) is 0.648. The Morgan fingerprint density at radius 3 is 2.67 bits per heavy atom. The van der Waals surface area contributed by atoms with Crippen molar-refractivity contribution < 1.29 is 9.18 Å². The van der Waals surface area contributed by atoms with E-state index in [0.717, 1.165) is 5.82 Å². The lowest BCUT2D eigenvalue weighted by Crippen LogP contribution is -2.37. The second-order valence-corrected chi connectivity index (χ2v) is 6.94. The van der Waals surface area contributed by atoms with Crippen molar-refractivity contribution in [2.24, 2.45) is 0 Å². The van der Waals surface area contributed by atoms with E-state index in [0.29, 0.717) is 18.7 Å². The van der Waals surface area contributed by atoms with Crippen LogP contribution in [-0.2, 0) is 13.1 Å². The minimum Gasteiger partial charge on any atom is -0.329 e. The van der Waals surface area contributed by atoms with Crippen molar-refractivity contribution in [2.45, 2.75) is 39.9 Å². The number of aromatic nitrogens is 2. The van der Waals surface area contributed by atoms with Crippen LogP contribution >= 0.6 is 0 Å². The molecule has 0 N–H and O–H groups in total. The van der Waals surface area contributed by atoms with E-state index in [9.17, 15) is 9.18 Å². The summed E-state index contributed by atoms with van der Waals surface area (Å²) in [7, 11) is 0. The van der Waals surface area contributed by atoms with E-state index < -0.39 is 5.82 Å². The van der Waals surface area contributed by atoms with Crippen molar-refractivity contribution in [1.82, 2.24) is 14.5 Å². The first kappa shape index (κ1) is 18.8. The maximum atomic E-state index is 13.5. The van der Waals surface area contributed by atoms with Gasteiger partial charge in [0.2, 0.25) is 0 Å². The number of hydrogen-bond acceptors (Lipinski definition) is 2. The SMILES string of the molecule is Cc1ccccc1Cn1ccnc1CN(C(=O)c1cccc(F)c1)C(C)C. The Labute approximate surface area is 159 Å². The van der Waals surface area contributed by atoms with Gasteiger partial charge in [0, 0.05) is 30.5 Å².